The average molecular weight is 156 g/mol. The zero-order valence-electron chi connectivity index (χ0n) is 4.91. The third-order valence-corrected chi connectivity index (χ3v) is 1.01. The molecule has 2 aromatic heterocycles. The van der Waals surface area contributed by atoms with Crippen molar-refractivity contribution in [2.75, 3.05) is 0 Å². The molecule has 2 heterocycles. The zero-order chi connectivity index (χ0) is 7.84. The van der Waals surface area contributed by atoms with E-state index in [2.05, 4.69) is 25.3 Å². The van der Waals surface area contributed by atoms with E-state index in [4.69, 9.17) is 0 Å². The van der Waals surface area contributed by atoms with Crippen molar-refractivity contribution in [1.29, 1.82) is 0 Å². The number of hydrogen-bond acceptors (Lipinski definition) is 7. The Morgan fingerprint density at radius 2 is 2.18 bits per heavy atom. The highest BCUT2D eigenvalue weighted by molar-refractivity contribution is 5.57. The van der Waals surface area contributed by atoms with E-state index in [1.54, 1.807) is 0 Å². The summed E-state index contributed by atoms with van der Waals surface area (Å²) < 4.78 is 3.89. The van der Waals surface area contributed by atoms with Gasteiger partial charge in [-0.2, -0.15) is 0 Å². The van der Waals surface area contributed by atoms with E-state index in [-0.39, 0.29) is 20.8 Å². The molecule has 2 aromatic rings. The summed E-state index contributed by atoms with van der Waals surface area (Å²) in [5.41, 5.74) is -0.593. The molecule has 0 aromatic carbocycles. The molecular weight excluding hydrogens is 156 g/mol. The second-order valence-electron chi connectivity index (χ2n) is 1.62. The molecule has 0 bridgehead atoms. The average Bonchev–Trinajstić information content (AvgIpc) is 2.30. The molecule has 9 heteroatoms. The van der Waals surface area contributed by atoms with Crippen LogP contribution in [0.2, 0.25) is 0 Å². The number of fused-ring (bicyclic) bond motifs is 1. The molecule has 0 radical (unpaired) electrons. The fourth-order valence-corrected chi connectivity index (χ4v) is 0.595. The van der Waals surface area contributed by atoms with Crippen molar-refractivity contribution in [3.05, 3.63) is 10.1 Å². The summed E-state index contributed by atoms with van der Waals surface area (Å²) in [5, 5.41) is 23.1. The third-order valence-electron chi connectivity index (χ3n) is 1.01. The van der Waals surface area contributed by atoms with Gasteiger partial charge in [0.1, 0.15) is 0 Å². The quantitative estimate of drug-likeness (QED) is 0.436. The molecular formula is C2N6O3. The number of aromatic nitrogens is 6. The summed E-state index contributed by atoms with van der Waals surface area (Å²) in [6, 6.07) is 0. The molecule has 0 aliphatic heterocycles. The summed E-state index contributed by atoms with van der Waals surface area (Å²) in [5.74, 6) is 0. The third kappa shape index (κ3) is 0.639. The van der Waals surface area contributed by atoms with Crippen LogP contribution < -0.4 is 4.60 Å². The van der Waals surface area contributed by atoms with Gasteiger partial charge in [-0.15, -0.1) is 0 Å². The summed E-state index contributed by atoms with van der Waals surface area (Å²) in [7, 11) is 0. The van der Waals surface area contributed by atoms with Gasteiger partial charge in [0.15, 0.2) is 0 Å². The molecule has 0 fully saturated rings. The van der Waals surface area contributed by atoms with Gasteiger partial charge in [-0.25, -0.2) is 0 Å². The first-order valence-corrected chi connectivity index (χ1v) is 2.47. The summed E-state index contributed by atoms with van der Waals surface area (Å²) >= 11 is 0. The molecule has 56 valence electrons. The SMILES string of the molecule is O=[n+]1on([O-])c2nnnnc21. The van der Waals surface area contributed by atoms with Crippen molar-refractivity contribution < 1.29 is 9.23 Å². The Bertz CT molecular complexity index is 442. The minimum atomic E-state index is -0.296. The first-order valence-electron chi connectivity index (χ1n) is 2.47. The second-order valence-corrected chi connectivity index (χ2v) is 1.62. The lowest BCUT2D eigenvalue weighted by Crippen LogP contribution is -2.11. The minimum absolute atomic E-state index is 0.0932. The van der Waals surface area contributed by atoms with Gasteiger partial charge < -0.3 is 9.84 Å². The zero-order valence-corrected chi connectivity index (χ0v) is 4.91. The van der Waals surface area contributed by atoms with Gasteiger partial charge in [-0.3, -0.25) is 0 Å². The van der Waals surface area contributed by atoms with Gasteiger partial charge in [0.05, 0.1) is 9.81 Å². The van der Waals surface area contributed by atoms with Crippen molar-refractivity contribution in [3.63, 3.8) is 0 Å². The van der Waals surface area contributed by atoms with Crippen LogP contribution in [0.4, 0.5) is 0 Å². The van der Waals surface area contributed by atoms with E-state index in [1.807, 2.05) is 0 Å². The lowest BCUT2D eigenvalue weighted by Gasteiger charge is -1.82. The van der Waals surface area contributed by atoms with Crippen LogP contribution in [0.15, 0.2) is 4.63 Å². The Morgan fingerprint density at radius 1 is 1.45 bits per heavy atom. The fourth-order valence-electron chi connectivity index (χ4n) is 0.595. The van der Waals surface area contributed by atoms with Gasteiger partial charge in [0.2, 0.25) is 0 Å². The second kappa shape index (κ2) is 1.71. The summed E-state index contributed by atoms with van der Waals surface area (Å²) in [6.07, 6.45) is 0. The molecule has 0 saturated heterocycles. The highest BCUT2D eigenvalue weighted by atomic mass is 16.8. The van der Waals surface area contributed by atoms with Gasteiger partial charge in [-0.1, -0.05) is 14.9 Å². The lowest BCUT2D eigenvalue weighted by atomic mass is 10.8. The Kier molecular flexibility index (Phi) is 0.888. The normalized spacial score (nSPS) is 10.5. The van der Waals surface area contributed by atoms with Crippen LogP contribution in [0.25, 0.3) is 11.3 Å². The molecule has 11 heavy (non-hydrogen) atoms. The van der Waals surface area contributed by atoms with E-state index in [1.165, 1.54) is 0 Å². The summed E-state index contributed by atoms with van der Waals surface area (Å²) in [6.45, 7) is 0. The fraction of sp³-hybridized carbons (Fsp3) is 0. The van der Waals surface area contributed by atoms with E-state index in [0.29, 0.717) is 0 Å². The molecule has 0 atom stereocenters. The Balaban J connectivity index is 3.07. The van der Waals surface area contributed by atoms with Gasteiger partial charge in [0.25, 0.3) is 0 Å². The first kappa shape index (κ1) is 5.70. The van der Waals surface area contributed by atoms with Crippen LogP contribution in [-0.2, 0) is 0 Å². The van der Waals surface area contributed by atoms with E-state index >= 15 is 0 Å². The Labute approximate surface area is 57.3 Å². The summed E-state index contributed by atoms with van der Waals surface area (Å²) in [4.78, 5) is 10.5. The van der Waals surface area contributed by atoms with Crippen molar-refractivity contribution in [2.24, 2.45) is 0 Å². The van der Waals surface area contributed by atoms with E-state index in [0.717, 1.165) is 0 Å². The minimum Gasteiger partial charge on any atom is -0.392 e. The molecule has 0 aliphatic rings. The highest BCUT2D eigenvalue weighted by Crippen LogP contribution is 1.96. The predicted octanol–water partition coefficient (Wildman–Crippen LogP) is -1.93. The topological polar surface area (TPSA) is 116 Å². The van der Waals surface area contributed by atoms with Crippen LogP contribution in [0.1, 0.15) is 0 Å². The van der Waals surface area contributed by atoms with Crippen molar-refractivity contribution in [1.82, 2.24) is 25.5 Å². The van der Waals surface area contributed by atoms with E-state index < -0.39 is 0 Å². The van der Waals surface area contributed by atoms with Crippen LogP contribution in [0, 0.1) is 10.1 Å². The number of hydrogen-bond donors (Lipinski definition) is 0. The Morgan fingerprint density at radius 3 is 2.91 bits per heavy atom. The van der Waals surface area contributed by atoms with Crippen molar-refractivity contribution in [2.45, 2.75) is 0 Å². The molecule has 9 nitrogen and oxygen atoms in total. The molecule has 0 unspecified atom stereocenters. The van der Waals surface area contributed by atoms with Crippen LogP contribution >= 0.6 is 0 Å². The highest BCUT2D eigenvalue weighted by Gasteiger charge is 2.13. The van der Waals surface area contributed by atoms with Crippen LogP contribution in [0.5, 0.6) is 0 Å². The molecule has 0 saturated carbocycles. The molecule has 2 rings (SSSR count). The lowest BCUT2D eigenvalue weighted by molar-refractivity contribution is -0.698. The van der Waals surface area contributed by atoms with Gasteiger partial charge in [-0.05, 0) is 5.21 Å². The van der Waals surface area contributed by atoms with Crippen LogP contribution in [0.3, 0.4) is 0 Å². The number of rotatable bonds is 0. The van der Waals surface area contributed by atoms with Crippen molar-refractivity contribution in [3.8, 4) is 0 Å². The largest absolute Gasteiger partial charge is 0.412 e. The standard InChI is InChI=1S/C2N6O3/c9-7-1-2(8(10)11-7)4-6-5-3-1. The molecule has 0 amide bonds. The van der Waals surface area contributed by atoms with E-state index in [9.17, 15) is 10.1 Å². The molecule has 0 N–H and O–H groups in total. The predicted molar refractivity (Wildman–Crippen MR) is 27.5 cm³/mol. The maximum atomic E-state index is 10.6. The maximum absolute atomic E-state index is 10.6. The smallest absolute Gasteiger partial charge is 0.392 e. The molecule has 0 aliphatic carbocycles. The monoisotopic (exact) mass is 156 g/mol. The van der Waals surface area contributed by atoms with Gasteiger partial charge >= 0.3 is 11.3 Å². The number of nitrogens with zero attached hydrogens (tertiary/aromatic N) is 6. The first-order chi connectivity index (χ1) is 5.29. The molecule has 0 spiro atoms. The van der Waals surface area contributed by atoms with Crippen LogP contribution in [-0.4, -0.2) is 25.5 Å². The van der Waals surface area contributed by atoms with Gasteiger partial charge in [0, 0.05) is 5.10 Å². The maximum Gasteiger partial charge on any atom is 0.412 e. The van der Waals surface area contributed by atoms with Crippen molar-refractivity contribution >= 4 is 11.3 Å². The Hall–Kier alpha value is -2.06.